The van der Waals surface area contributed by atoms with E-state index >= 15 is 0 Å². The van der Waals surface area contributed by atoms with Crippen molar-refractivity contribution in [2.24, 2.45) is 0 Å². The van der Waals surface area contributed by atoms with Gasteiger partial charge in [0.1, 0.15) is 11.3 Å². The SMILES string of the molecule is COc1ccc(-c2ccc3[nH]c(=O)c(C(=O)O)cc3c2)cc1. The van der Waals surface area contributed by atoms with Gasteiger partial charge in [0.25, 0.3) is 5.56 Å². The topological polar surface area (TPSA) is 79.4 Å². The van der Waals surface area contributed by atoms with Gasteiger partial charge in [-0.2, -0.15) is 0 Å². The molecule has 1 heterocycles. The Hall–Kier alpha value is -3.08. The molecule has 0 unspecified atom stereocenters. The Bertz CT molecular complexity index is 910. The van der Waals surface area contributed by atoms with E-state index in [9.17, 15) is 9.59 Å². The van der Waals surface area contributed by atoms with Crippen molar-refractivity contribution < 1.29 is 14.6 Å². The summed E-state index contributed by atoms with van der Waals surface area (Å²) in [5, 5.41) is 9.71. The van der Waals surface area contributed by atoms with Gasteiger partial charge < -0.3 is 14.8 Å². The van der Waals surface area contributed by atoms with Crippen LogP contribution in [-0.4, -0.2) is 23.2 Å². The smallest absolute Gasteiger partial charge is 0.341 e. The summed E-state index contributed by atoms with van der Waals surface area (Å²) in [7, 11) is 1.61. The summed E-state index contributed by atoms with van der Waals surface area (Å²) >= 11 is 0. The van der Waals surface area contributed by atoms with E-state index in [-0.39, 0.29) is 5.56 Å². The van der Waals surface area contributed by atoms with Gasteiger partial charge in [-0.3, -0.25) is 4.79 Å². The minimum absolute atomic E-state index is 0.264. The largest absolute Gasteiger partial charge is 0.497 e. The lowest BCUT2D eigenvalue weighted by molar-refractivity contribution is 0.0695. The number of aromatic amines is 1. The van der Waals surface area contributed by atoms with Gasteiger partial charge in [-0.15, -0.1) is 0 Å². The average molecular weight is 295 g/mol. The van der Waals surface area contributed by atoms with Crippen molar-refractivity contribution in [1.82, 2.24) is 4.98 Å². The number of hydrogen-bond donors (Lipinski definition) is 2. The Balaban J connectivity index is 2.13. The number of hydrogen-bond acceptors (Lipinski definition) is 3. The number of carboxylic acids is 1. The minimum atomic E-state index is -1.24. The molecule has 0 fully saturated rings. The number of aromatic carboxylic acids is 1. The van der Waals surface area contributed by atoms with Gasteiger partial charge in [-0.1, -0.05) is 18.2 Å². The summed E-state index contributed by atoms with van der Waals surface area (Å²) in [6, 6.07) is 14.4. The fraction of sp³-hybridized carbons (Fsp3) is 0.0588. The Morgan fingerprint density at radius 1 is 1.05 bits per heavy atom. The fourth-order valence-electron chi connectivity index (χ4n) is 2.33. The number of nitrogens with one attached hydrogen (secondary N) is 1. The van der Waals surface area contributed by atoms with Crippen LogP contribution in [0.1, 0.15) is 10.4 Å². The van der Waals surface area contributed by atoms with Gasteiger partial charge in [-0.05, 0) is 46.8 Å². The van der Waals surface area contributed by atoms with Crippen LogP contribution >= 0.6 is 0 Å². The number of fused-ring (bicyclic) bond motifs is 1. The lowest BCUT2D eigenvalue weighted by Crippen LogP contribution is -2.16. The van der Waals surface area contributed by atoms with Crippen LogP contribution in [0.15, 0.2) is 53.3 Å². The van der Waals surface area contributed by atoms with E-state index in [0.717, 1.165) is 16.9 Å². The van der Waals surface area contributed by atoms with E-state index in [0.29, 0.717) is 10.9 Å². The number of rotatable bonds is 3. The quantitative estimate of drug-likeness (QED) is 0.778. The summed E-state index contributed by atoms with van der Waals surface area (Å²) in [5.74, 6) is -0.472. The fourth-order valence-corrected chi connectivity index (χ4v) is 2.33. The molecule has 5 nitrogen and oxygen atoms in total. The highest BCUT2D eigenvalue weighted by molar-refractivity contribution is 5.93. The highest BCUT2D eigenvalue weighted by Crippen LogP contribution is 2.25. The van der Waals surface area contributed by atoms with E-state index in [1.54, 1.807) is 13.2 Å². The zero-order chi connectivity index (χ0) is 15.7. The first-order valence-electron chi connectivity index (χ1n) is 6.63. The lowest BCUT2D eigenvalue weighted by Gasteiger charge is -2.06. The van der Waals surface area contributed by atoms with Crippen molar-refractivity contribution in [2.75, 3.05) is 7.11 Å². The summed E-state index contributed by atoms with van der Waals surface area (Å²) in [6.07, 6.45) is 0. The highest BCUT2D eigenvalue weighted by atomic mass is 16.5. The molecule has 0 spiro atoms. The number of methoxy groups -OCH3 is 1. The number of aromatic nitrogens is 1. The zero-order valence-corrected chi connectivity index (χ0v) is 11.8. The molecule has 0 aliphatic carbocycles. The van der Waals surface area contributed by atoms with Gasteiger partial charge in [0.2, 0.25) is 0 Å². The van der Waals surface area contributed by atoms with Crippen molar-refractivity contribution in [3.8, 4) is 16.9 Å². The first-order chi connectivity index (χ1) is 10.6. The third-order valence-electron chi connectivity index (χ3n) is 3.50. The maximum atomic E-state index is 11.6. The molecular weight excluding hydrogens is 282 g/mol. The van der Waals surface area contributed by atoms with Gasteiger partial charge in [0, 0.05) is 5.52 Å². The van der Waals surface area contributed by atoms with E-state index in [2.05, 4.69) is 4.98 Å². The van der Waals surface area contributed by atoms with Crippen LogP contribution in [0.4, 0.5) is 0 Å². The standard InChI is InChI=1S/C17H13NO4/c1-22-13-5-2-10(3-6-13)11-4-7-15-12(8-11)9-14(17(20)21)16(19)18-15/h2-9H,1H3,(H,18,19)(H,20,21). The third kappa shape index (κ3) is 2.44. The summed E-state index contributed by atoms with van der Waals surface area (Å²) < 4.78 is 5.13. The van der Waals surface area contributed by atoms with E-state index < -0.39 is 11.5 Å². The molecule has 3 rings (SSSR count). The number of H-pyrrole nitrogens is 1. The number of carboxylic acid groups (broad SMARTS) is 1. The van der Waals surface area contributed by atoms with Crippen LogP contribution in [0.5, 0.6) is 5.75 Å². The third-order valence-corrected chi connectivity index (χ3v) is 3.50. The molecule has 110 valence electrons. The number of carbonyl (C=O) groups is 1. The van der Waals surface area contributed by atoms with Crippen LogP contribution in [0, 0.1) is 0 Å². The predicted molar refractivity (Wildman–Crippen MR) is 83.5 cm³/mol. The Morgan fingerprint density at radius 2 is 1.73 bits per heavy atom. The number of benzene rings is 2. The van der Waals surface area contributed by atoms with Crippen LogP contribution < -0.4 is 10.3 Å². The first kappa shape index (κ1) is 13.9. The van der Waals surface area contributed by atoms with Gasteiger partial charge in [0.05, 0.1) is 7.11 Å². The van der Waals surface area contributed by atoms with Crippen molar-refractivity contribution in [3.63, 3.8) is 0 Å². The number of ether oxygens (including phenoxy) is 1. The van der Waals surface area contributed by atoms with Crippen LogP contribution in [0.2, 0.25) is 0 Å². The summed E-state index contributed by atoms with van der Waals surface area (Å²) in [5.41, 5.74) is 1.65. The first-order valence-corrected chi connectivity index (χ1v) is 6.63. The van der Waals surface area contributed by atoms with E-state index in [4.69, 9.17) is 9.84 Å². The molecule has 0 saturated heterocycles. The predicted octanol–water partition coefficient (Wildman–Crippen LogP) is 2.90. The Kier molecular flexibility index (Phi) is 3.39. The van der Waals surface area contributed by atoms with Gasteiger partial charge >= 0.3 is 5.97 Å². The van der Waals surface area contributed by atoms with Crippen molar-refractivity contribution in [2.45, 2.75) is 0 Å². The summed E-state index contributed by atoms with van der Waals surface area (Å²) in [6.45, 7) is 0. The highest BCUT2D eigenvalue weighted by Gasteiger charge is 2.10. The van der Waals surface area contributed by atoms with Crippen molar-refractivity contribution in [3.05, 3.63) is 64.4 Å². The molecule has 0 aliphatic rings. The maximum absolute atomic E-state index is 11.6. The molecule has 2 N–H and O–H groups in total. The molecule has 5 heteroatoms. The van der Waals surface area contributed by atoms with Gasteiger partial charge in [-0.25, -0.2) is 4.79 Å². The van der Waals surface area contributed by atoms with Gasteiger partial charge in [0.15, 0.2) is 0 Å². The van der Waals surface area contributed by atoms with Crippen LogP contribution in [0.3, 0.4) is 0 Å². The minimum Gasteiger partial charge on any atom is -0.497 e. The molecule has 3 aromatic rings. The molecule has 0 saturated carbocycles. The molecule has 0 aliphatic heterocycles. The normalized spacial score (nSPS) is 10.6. The molecule has 22 heavy (non-hydrogen) atoms. The van der Waals surface area contributed by atoms with Crippen molar-refractivity contribution >= 4 is 16.9 Å². The zero-order valence-electron chi connectivity index (χ0n) is 11.8. The Morgan fingerprint density at radius 3 is 2.36 bits per heavy atom. The lowest BCUT2D eigenvalue weighted by atomic mass is 10.0. The second-order valence-electron chi connectivity index (χ2n) is 4.85. The van der Waals surface area contributed by atoms with Crippen LogP contribution in [0.25, 0.3) is 22.0 Å². The van der Waals surface area contributed by atoms with Crippen LogP contribution in [-0.2, 0) is 0 Å². The maximum Gasteiger partial charge on any atom is 0.341 e. The molecule has 0 bridgehead atoms. The summed E-state index contributed by atoms with van der Waals surface area (Å²) in [4.78, 5) is 25.3. The second kappa shape index (κ2) is 5.37. The number of pyridine rings is 1. The molecule has 0 atom stereocenters. The Labute approximate surface area is 125 Å². The molecule has 1 aromatic heterocycles. The molecular formula is C17H13NO4. The second-order valence-corrected chi connectivity index (χ2v) is 4.85. The average Bonchev–Trinajstić information content (AvgIpc) is 2.53. The van der Waals surface area contributed by atoms with E-state index in [1.165, 1.54) is 6.07 Å². The molecule has 0 radical (unpaired) electrons. The molecule has 0 amide bonds. The molecule has 2 aromatic carbocycles. The monoisotopic (exact) mass is 295 g/mol. The van der Waals surface area contributed by atoms with Crippen molar-refractivity contribution in [1.29, 1.82) is 0 Å². The van der Waals surface area contributed by atoms with E-state index in [1.807, 2.05) is 36.4 Å².